The van der Waals surface area contributed by atoms with Crippen LogP contribution in [-0.4, -0.2) is 44.4 Å². The van der Waals surface area contributed by atoms with Gasteiger partial charge in [0.1, 0.15) is 0 Å². The van der Waals surface area contributed by atoms with Crippen LogP contribution in [0.2, 0.25) is 0 Å². The molecule has 0 fully saturated rings. The predicted octanol–water partition coefficient (Wildman–Crippen LogP) is 2.46. The number of carbonyl (C=O) groups excluding carboxylic acids is 1. The standard InChI is InChI=1S/C15H17F3O6/c1-21-12-8-7-11(19)24-14(20)9(8)6-10(13(12)22-2)23-5-3-4-15(16,17)18/h6,11,19H,3-5,7H2,1-2H3. The minimum Gasteiger partial charge on any atom is -0.492 e. The van der Waals surface area contributed by atoms with Crippen LogP contribution in [0.5, 0.6) is 17.2 Å². The lowest BCUT2D eigenvalue weighted by Gasteiger charge is -2.25. The summed E-state index contributed by atoms with van der Waals surface area (Å²) in [5.41, 5.74) is 0.504. The molecule has 0 amide bonds. The van der Waals surface area contributed by atoms with Gasteiger partial charge in [-0.25, -0.2) is 4.79 Å². The number of hydrogen-bond donors (Lipinski definition) is 1. The molecule has 1 aliphatic rings. The SMILES string of the molecule is COc1c(OCCCC(F)(F)F)cc2c(c1OC)CC(O)OC2=O. The second kappa shape index (κ2) is 7.16. The summed E-state index contributed by atoms with van der Waals surface area (Å²) >= 11 is 0. The van der Waals surface area contributed by atoms with Gasteiger partial charge in [0.15, 0.2) is 11.5 Å². The van der Waals surface area contributed by atoms with Gasteiger partial charge < -0.3 is 24.1 Å². The van der Waals surface area contributed by atoms with Gasteiger partial charge in [-0.2, -0.15) is 13.2 Å². The summed E-state index contributed by atoms with van der Waals surface area (Å²) < 4.78 is 57.0. The van der Waals surface area contributed by atoms with Crippen LogP contribution in [0.25, 0.3) is 0 Å². The van der Waals surface area contributed by atoms with Gasteiger partial charge in [0.05, 0.1) is 26.4 Å². The number of rotatable bonds is 6. The van der Waals surface area contributed by atoms with Gasteiger partial charge in [-0.3, -0.25) is 0 Å². The lowest BCUT2D eigenvalue weighted by atomic mass is 9.99. The summed E-state index contributed by atoms with van der Waals surface area (Å²) in [7, 11) is 2.68. The van der Waals surface area contributed by atoms with Crippen LogP contribution < -0.4 is 14.2 Å². The van der Waals surface area contributed by atoms with Crippen molar-refractivity contribution in [2.45, 2.75) is 31.7 Å². The van der Waals surface area contributed by atoms with Gasteiger partial charge in [-0.1, -0.05) is 0 Å². The smallest absolute Gasteiger partial charge is 0.389 e. The number of alkyl halides is 3. The van der Waals surface area contributed by atoms with Crippen molar-refractivity contribution in [3.8, 4) is 17.2 Å². The molecule has 1 aromatic carbocycles. The summed E-state index contributed by atoms with van der Waals surface area (Å²) in [5, 5.41) is 9.55. The van der Waals surface area contributed by atoms with Crippen LogP contribution in [0, 0.1) is 0 Å². The molecule has 1 heterocycles. The van der Waals surface area contributed by atoms with E-state index in [-0.39, 0.29) is 42.3 Å². The molecular weight excluding hydrogens is 333 g/mol. The van der Waals surface area contributed by atoms with E-state index in [1.807, 2.05) is 0 Å². The Bertz CT molecular complexity index is 614. The molecule has 1 atom stereocenters. The molecule has 0 aliphatic carbocycles. The number of esters is 1. The molecule has 134 valence electrons. The van der Waals surface area contributed by atoms with E-state index in [4.69, 9.17) is 18.9 Å². The van der Waals surface area contributed by atoms with Crippen LogP contribution in [0.1, 0.15) is 28.8 Å². The lowest BCUT2D eigenvalue weighted by molar-refractivity contribution is -0.136. The maximum atomic E-state index is 12.2. The zero-order chi connectivity index (χ0) is 17.9. The van der Waals surface area contributed by atoms with E-state index in [1.54, 1.807) is 0 Å². The zero-order valence-electron chi connectivity index (χ0n) is 13.1. The van der Waals surface area contributed by atoms with Crippen LogP contribution >= 0.6 is 0 Å². The Labute approximate surface area is 136 Å². The number of aliphatic hydroxyl groups excluding tert-OH is 1. The molecule has 9 heteroatoms. The highest BCUT2D eigenvalue weighted by molar-refractivity contribution is 5.94. The van der Waals surface area contributed by atoms with Gasteiger partial charge in [-0.05, 0) is 12.5 Å². The molecule has 0 bridgehead atoms. The average molecular weight is 350 g/mol. The molecular formula is C15H17F3O6. The largest absolute Gasteiger partial charge is 0.492 e. The third-order valence-corrected chi connectivity index (χ3v) is 3.42. The number of hydrogen-bond acceptors (Lipinski definition) is 6. The van der Waals surface area contributed by atoms with Crippen LogP contribution in [0.3, 0.4) is 0 Å². The fourth-order valence-corrected chi connectivity index (χ4v) is 2.41. The average Bonchev–Trinajstić information content (AvgIpc) is 2.49. The normalized spacial score (nSPS) is 17.1. The predicted molar refractivity (Wildman–Crippen MR) is 75.5 cm³/mol. The fourth-order valence-electron chi connectivity index (χ4n) is 2.41. The Morgan fingerprint density at radius 2 is 1.96 bits per heavy atom. The van der Waals surface area contributed by atoms with Gasteiger partial charge in [0.2, 0.25) is 12.0 Å². The van der Waals surface area contributed by atoms with Crippen molar-refractivity contribution < 1.29 is 42.0 Å². The maximum absolute atomic E-state index is 12.2. The van der Waals surface area contributed by atoms with Gasteiger partial charge in [0.25, 0.3) is 0 Å². The van der Waals surface area contributed by atoms with Crippen LogP contribution in [0.4, 0.5) is 13.2 Å². The van der Waals surface area contributed by atoms with Crippen molar-refractivity contribution >= 4 is 5.97 Å². The second-order valence-electron chi connectivity index (χ2n) is 5.10. The van der Waals surface area contributed by atoms with Crippen molar-refractivity contribution in [1.82, 2.24) is 0 Å². The Morgan fingerprint density at radius 1 is 1.29 bits per heavy atom. The van der Waals surface area contributed by atoms with Crippen molar-refractivity contribution in [3.05, 3.63) is 17.2 Å². The Kier molecular flexibility index (Phi) is 5.43. The van der Waals surface area contributed by atoms with Crippen LogP contribution in [-0.2, 0) is 11.2 Å². The first-order valence-electron chi connectivity index (χ1n) is 7.13. The van der Waals surface area contributed by atoms with Gasteiger partial charge in [-0.15, -0.1) is 0 Å². The quantitative estimate of drug-likeness (QED) is 0.628. The zero-order valence-corrected chi connectivity index (χ0v) is 13.1. The molecule has 1 aromatic rings. The summed E-state index contributed by atoms with van der Waals surface area (Å²) in [6.45, 7) is -0.213. The van der Waals surface area contributed by atoms with Gasteiger partial charge in [0, 0.05) is 18.4 Å². The summed E-state index contributed by atoms with van der Waals surface area (Å²) in [6.07, 6.45) is -6.78. The van der Waals surface area contributed by atoms with E-state index in [2.05, 4.69) is 0 Å². The first-order chi connectivity index (χ1) is 11.3. The van der Waals surface area contributed by atoms with Crippen molar-refractivity contribution in [2.24, 2.45) is 0 Å². The van der Waals surface area contributed by atoms with E-state index in [0.29, 0.717) is 5.56 Å². The maximum Gasteiger partial charge on any atom is 0.389 e. The first kappa shape index (κ1) is 18.2. The third kappa shape index (κ3) is 4.02. The molecule has 0 spiro atoms. The molecule has 1 unspecified atom stereocenters. The monoisotopic (exact) mass is 350 g/mol. The third-order valence-electron chi connectivity index (χ3n) is 3.42. The number of aliphatic hydroxyl groups is 1. The number of halogens is 3. The molecule has 0 saturated carbocycles. The van der Waals surface area contributed by atoms with Crippen LogP contribution in [0.15, 0.2) is 6.07 Å². The van der Waals surface area contributed by atoms with E-state index >= 15 is 0 Å². The van der Waals surface area contributed by atoms with E-state index in [1.165, 1.54) is 20.3 Å². The highest BCUT2D eigenvalue weighted by Crippen LogP contribution is 2.44. The summed E-state index contributed by atoms with van der Waals surface area (Å²) in [6, 6.07) is 1.32. The number of ether oxygens (including phenoxy) is 4. The van der Waals surface area contributed by atoms with Crippen molar-refractivity contribution in [3.63, 3.8) is 0 Å². The Morgan fingerprint density at radius 3 is 2.54 bits per heavy atom. The second-order valence-corrected chi connectivity index (χ2v) is 5.10. The highest BCUT2D eigenvalue weighted by atomic mass is 19.4. The lowest BCUT2D eigenvalue weighted by Crippen LogP contribution is -2.28. The minimum absolute atomic E-state index is 0.00889. The fraction of sp³-hybridized carbons (Fsp3) is 0.533. The van der Waals surface area contributed by atoms with E-state index in [9.17, 15) is 23.1 Å². The molecule has 1 N–H and O–H groups in total. The first-order valence-corrected chi connectivity index (χ1v) is 7.13. The van der Waals surface area contributed by atoms with E-state index < -0.39 is 24.9 Å². The van der Waals surface area contributed by atoms with E-state index in [0.717, 1.165) is 0 Å². The molecule has 6 nitrogen and oxygen atoms in total. The number of fused-ring (bicyclic) bond motifs is 1. The topological polar surface area (TPSA) is 74.2 Å². The summed E-state index contributed by atoms with van der Waals surface area (Å²) in [4.78, 5) is 11.9. The van der Waals surface area contributed by atoms with Crippen molar-refractivity contribution in [2.75, 3.05) is 20.8 Å². The molecule has 0 radical (unpaired) electrons. The molecule has 24 heavy (non-hydrogen) atoms. The van der Waals surface area contributed by atoms with Crippen molar-refractivity contribution in [1.29, 1.82) is 0 Å². The van der Waals surface area contributed by atoms with Gasteiger partial charge >= 0.3 is 12.1 Å². The summed E-state index contributed by atoms with van der Waals surface area (Å²) in [5.74, 6) is -0.380. The molecule has 0 saturated heterocycles. The Balaban J connectivity index is 2.28. The number of cyclic esters (lactones) is 1. The molecule has 2 rings (SSSR count). The highest BCUT2D eigenvalue weighted by Gasteiger charge is 2.32. The molecule has 0 aromatic heterocycles. The number of methoxy groups -OCH3 is 2. The minimum atomic E-state index is -4.26. The number of benzene rings is 1. The Hall–Kier alpha value is -2.16. The molecule has 1 aliphatic heterocycles. The number of carbonyl (C=O) groups is 1.